The van der Waals surface area contributed by atoms with Crippen LogP contribution in [-0.4, -0.2) is 21.5 Å². The summed E-state index contributed by atoms with van der Waals surface area (Å²) in [6.07, 6.45) is 3.32. The number of rotatable bonds is 6. The van der Waals surface area contributed by atoms with Crippen molar-refractivity contribution in [3.63, 3.8) is 0 Å². The molecule has 1 aromatic carbocycles. The van der Waals surface area contributed by atoms with Crippen molar-refractivity contribution in [3.8, 4) is 17.3 Å². The molecule has 0 saturated carbocycles. The molecule has 3 rings (SSSR count). The minimum atomic E-state index is 0.249. The zero-order valence-electron chi connectivity index (χ0n) is 15.5. The van der Waals surface area contributed by atoms with Gasteiger partial charge in [0, 0.05) is 30.1 Å². The molecule has 0 amide bonds. The van der Waals surface area contributed by atoms with E-state index in [0.29, 0.717) is 11.4 Å². The van der Waals surface area contributed by atoms with Crippen LogP contribution in [0, 0.1) is 25.2 Å². The molecule has 2 aromatic heterocycles. The third-order valence-electron chi connectivity index (χ3n) is 4.49. The molecule has 0 unspecified atom stereocenters. The Kier molecular flexibility index (Phi) is 5.62. The van der Waals surface area contributed by atoms with Crippen LogP contribution in [0.1, 0.15) is 28.8 Å². The van der Waals surface area contributed by atoms with E-state index < -0.39 is 0 Å². The number of anilines is 2. The number of aromatic nitrogens is 3. The minimum Gasteiger partial charge on any atom is -0.370 e. The molecule has 0 aliphatic rings. The van der Waals surface area contributed by atoms with Gasteiger partial charge in [0.1, 0.15) is 5.82 Å². The van der Waals surface area contributed by atoms with E-state index in [0.717, 1.165) is 36.3 Å². The molecule has 0 atom stereocenters. The Bertz CT molecular complexity index is 990. The van der Waals surface area contributed by atoms with Crippen LogP contribution in [0.25, 0.3) is 11.3 Å². The van der Waals surface area contributed by atoms with Gasteiger partial charge in [-0.3, -0.25) is 4.98 Å². The molecule has 0 fully saturated rings. The van der Waals surface area contributed by atoms with Crippen molar-refractivity contribution >= 4 is 11.8 Å². The molecule has 0 spiro atoms. The highest BCUT2D eigenvalue weighted by Crippen LogP contribution is 2.26. The van der Waals surface area contributed by atoms with Gasteiger partial charge in [-0.1, -0.05) is 18.2 Å². The maximum absolute atomic E-state index is 8.95. The van der Waals surface area contributed by atoms with Crippen LogP contribution >= 0.6 is 0 Å². The van der Waals surface area contributed by atoms with Crippen molar-refractivity contribution in [3.05, 3.63) is 65.0 Å². The molecule has 0 aliphatic carbocycles. The smallest absolute Gasteiger partial charge is 0.222 e. The number of nitrogen functional groups attached to an aromatic ring is 1. The first-order chi connectivity index (χ1) is 13.1. The van der Waals surface area contributed by atoms with Crippen LogP contribution in [0.3, 0.4) is 0 Å². The highest BCUT2D eigenvalue weighted by Gasteiger charge is 2.08. The first-order valence-electron chi connectivity index (χ1n) is 8.87. The summed E-state index contributed by atoms with van der Waals surface area (Å²) >= 11 is 0. The highest BCUT2D eigenvalue weighted by atomic mass is 15.1. The lowest BCUT2D eigenvalue weighted by molar-refractivity contribution is 0.832. The number of hydrogen-bond acceptors (Lipinski definition) is 6. The topological polar surface area (TPSA) is 101 Å². The van der Waals surface area contributed by atoms with E-state index in [4.69, 9.17) is 11.0 Å². The third-order valence-corrected chi connectivity index (χ3v) is 4.49. The molecule has 3 N–H and O–H groups in total. The van der Waals surface area contributed by atoms with Gasteiger partial charge < -0.3 is 11.1 Å². The van der Waals surface area contributed by atoms with Crippen LogP contribution in [-0.2, 0) is 6.42 Å². The fraction of sp³-hybridized carbons (Fsp3) is 0.238. The maximum Gasteiger partial charge on any atom is 0.222 e. The summed E-state index contributed by atoms with van der Waals surface area (Å²) in [6, 6.07) is 13.7. The van der Waals surface area contributed by atoms with Gasteiger partial charge in [-0.15, -0.1) is 0 Å². The number of nitrogens with two attached hydrogens (primary N) is 1. The predicted octanol–water partition coefficient (Wildman–Crippen LogP) is 3.65. The highest BCUT2D eigenvalue weighted by molar-refractivity contribution is 5.68. The molecule has 6 heteroatoms. The Labute approximate surface area is 159 Å². The monoisotopic (exact) mass is 358 g/mol. The molecule has 2 heterocycles. The third kappa shape index (κ3) is 4.59. The molecule has 0 radical (unpaired) electrons. The number of hydrogen-bond donors (Lipinski definition) is 2. The van der Waals surface area contributed by atoms with Crippen molar-refractivity contribution < 1.29 is 0 Å². The number of nitriles is 1. The lowest BCUT2D eigenvalue weighted by Gasteiger charge is -2.11. The summed E-state index contributed by atoms with van der Waals surface area (Å²) in [7, 11) is 0. The second kappa shape index (κ2) is 8.28. The molecule has 136 valence electrons. The van der Waals surface area contributed by atoms with Crippen LogP contribution in [0.15, 0.2) is 42.6 Å². The number of aryl methyl sites for hydroxylation is 2. The summed E-state index contributed by atoms with van der Waals surface area (Å²) in [5, 5.41) is 12.3. The Hall–Kier alpha value is -3.46. The Morgan fingerprint density at radius 3 is 2.81 bits per heavy atom. The molecule has 0 aliphatic heterocycles. The summed E-state index contributed by atoms with van der Waals surface area (Å²) in [5.74, 6) is 0.955. The minimum absolute atomic E-state index is 0.249. The van der Waals surface area contributed by atoms with E-state index in [-0.39, 0.29) is 5.95 Å². The second-order valence-electron chi connectivity index (χ2n) is 6.42. The van der Waals surface area contributed by atoms with Gasteiger partial charge in [0.2, 0.25) is 5.95 Å². The lowest BCUT2D eigenvalue weighted by atomic mass is 10.0. The summed E-state index contributed by atoms with van der Waals surface area (Å²) in [4.78, 5) is 13.0. The number of pyridine rings is 1. The Morgan fingerprint density at radius 2 is 2.00 bits per heavy atom. The first kappa shape index (κ1) is 18.3. The summed E-state index contributed by atoms with van der Waals surface area (Å²) < 4.78 is 0. The summed E-state index contributed by atoms with van der Waals surface area (Å²) in [5.41, 5.74) is 11.7. The van der Waals surface area contributed by atoms with Crippen molar-refractivity contribution in [2.24, 2.45) is 0 Å². The average Bonchev–Trinajstić information content (AvgIpc) is 2.67. The lowest BCUT2D eigenvalue weighted by Crippen LogP contribution is -2.08. The average molecular weight is 358 g/mol. The SMILES string of the molecule is Cc1cccc(-c2cc(NCCCc3cc(C#N)ccn3)nc(N)n2)c1C. The van der Waals surface area contributed by atoms with Gasteiger partial charge >= 0.3 is 0 Å². The molecule has 3 aromatic rings. The predicted molar refractivity (Wildman–Crippen MR) is 107 cm³/mol. The van der Waals surface area contributed by atoms with E-state index in [1.54, 1.807) is 12.3 Å². The molecule has 6 nitrogen and oxygen atoms in total. The molecule has 0 saturated heterocycles. The summed E-state index contributed by atoms with van der Waals surface area (Å²) in [6.45, 7) is 4.89. The van der Waals surface area contributed by atoms with E-state index in [1.807, 2.05) is 24.3 Å². The Balaban J connectivity index is 1.66. The Morgan fingerprint density at radius 1 is 1.15 bits per heavy atom. The molecule has 27 heavy (non-hydrogen) atoms. The largest absolute Gasteiger partial charge is 0.370 e. The van der Waals surface area contributed by atoms with Gasteiger partial charge in [0.25, 0.3) is 0 Å². The van der Waals surface area contributed by atoms with Crippen LogP contribution < -0.4 is 11.1 Å². The molecule has 0 bridgehead atoms. The fourth-order valence-corrected chi connectivity index (χ4v) is 2.89. The van der Waals surface area contributed by atoms with E-state index in [2.05, 4.69) is 46.3 Å². The van der Waals surface area contributed by atoms with E-state index in [1.165, 1.54) is 11.1 Å². The van der Waals surface area contributed by atoms with Crippen molar-refractivity contribution in [2.45, 2.75) is 26.7 Å². The van der Waals surface area contributed by atoms with Crippen molar-refractivity contribution in [1.82, 2.24) is 15.0 Å². The fourth-order valence-electron chi connectivity index (χ4n) is 2.89. The van der Waals surface area contributed by atoms with Crippen molar-refractivity contribution in [2.75, 3.05) is 17.6 Å². The van der Waals surface area contributed by atoms with Crippen LogP contribution in [0.2, 0.25) is 0 Å². The number of nitrogens with one attached hydrogen (secondary N) is 1. The van der Waals surface area contributed by atoms with Gasteiger partial charge in [-0.2, -0.15) is 10.2 Å². The van der Waals surface area contributed by atoms with Gasteiger partial charge in [0.15, 0.2) is 0 Å². The van der Waals surface area contributed by atoms with Crippen LogP contribution in [0.5, 0.6) is 0 Å². The van der Waals surface area contributed by atoms with Gasteiger partial charge in [-0.05, 0) is 49.9 Å². The quantitative estimate of drug-likeness (QED) is 0.652. The molecular formula is C21H22N6. The van der Waals surface area contributed by atoms with Crippen LogP contribution in [0.4, 0.5) is 11.8 Å². The second-order valence-corrected chi connectivity index (χ2v) is 6.42. The maximum atomic E-state index is 8.95. The standard InChI is InChI=1S/C21H22N6/c1-14-5-3-7-18(15(14)2)19-12-20(27-21(23)26-19)25-9-4-6-17-11-16(13-22)8-10-24-17/h3,5,7-8,10-12H,4,6,9H2,1-2H3,(H3,23,25,26,27). The number of nitrogens with zero attached hydrogens (tertiary/aromatic N) is 4. The van der Waals surface area contributed by atoms with Gasteiger partial charge in [-0.25, -0.2) is 4.98 Å². The molecular weight excluding hydrogens is 336 g/mol. The normalized spacial score (nSPS) is 10.4. The van der Waals surface area contributed by atoms with Gasteiger partial charge in [0.05, 0.1) is 17.3 Å². The zero-order chi connectivity index (χ0) is 19.2. The zero-order valence-corrected chi connectivity index (χ0v) is 15.5. The van der Waals surface area contributed by atoms with E-state index >= 15 is 0 Å². The van der Waals surface area contributed by atoms with E-state index in [9.17, 15) is 0 Å². The van der Waals surface area contributed by atoms with Crippen molar-refractivity contribution in [1.29, 1.82) is 5.26 Å². The number of benzene rings is 1. The first-order valence-corrected chi connectivity index (χ1v) is 8.87.